The fourth-order valence-corrected chi connectivity index (χ4v) is 1.08. The van der Waals surface area contributed by atoms with E-state index >= 15 is 0 Å². The molecule has 0 amide bonds. The lowest BCUT2D eigenvalue weighted by Gasteiger charge is -2.18. The first-order valence-corrected chi connectivity index (χ1v) is 4.39. The molecule has 0 aliphatic carbocycles. The summed E-state index contributed by atoms with van der Waals surface area (Å²) in [5, 5.41) is 9.01. The van der Waals surface area contributed by atoms with Gasteiger partial charge in [-0.1, -0.05) is 32.4 Å². The van der Waals surface area contributed by atoms with Crippen molar-refractivity contribution in [2.24, 2.45) is 0 Å². The number of nitriles is 1. The molecule has 0 aromatic carbocycles. The molecule has 1 heterocycles. The molecule has 1 aromatic heterocycles. The van der Waals surface area contributed by atoms with E-state index in [0.717, 1.165) is 5.56 Å². The Morgan fingerprint density at radius 1 is 1.46 bits per heavy atom. The number of hydrogen-bond acceptors (Lipinski definition) is 2. The van der Waals surface area contributed by atoms with Crippen molar-refractivity contribution in [3.05, 3.63) is 28.5 Å². The van der Waals surface area contributed by atoms with Crippen molar-refractivity contribution < 1.29 is 0 Å². The number of pyridine rings is 1. The van der Waals surface area contributed by atoms with Crippen molar-refractivity contribution in [1.82, 2.24) is 4.98 Å². The Morgan fingerprint density at radius 2 is 2.08 bits per heavy atom. The third-order valence-electron chi connectivity index (χ3n) is 1.83. The van der Waals surface area contributed by atoms with E-state index in [9.17, 15) is 0 Å². The predicted octanol–water partition coefficient (Wildman–Crippen LogP) is 2.90. The van der Waals surface area contributed by atoms with Gasteiger partial charge in [0.1, 0.15) is 11.2 Å². The molecular weight excluding hydrogens is 184 g/mol. The lowest BCUT2D eigenvalue weighted by Crippen LogP contribution is -2.11. The summed E-state index contributed by atoms with van der Waals surface area (Å²) in [4.78, 5) is 3.96. The zero-order valence-corrected chi connectivity index (χ0v) is 8.68. The van der Waals surface area contributed by atoms with Gasteiger partial charge in [-0.3, -0.25) is 0 Å². The summed E-state index contributed by atoms with van der Waals surface area (Å²) in [5.74, 6) is 0. The summed E-state index contributed by atoms with van der Waals surface area (Å²) in [5.41, 5.74) is 1.46. The van der Waals surface area contributed by atoms with Gasteiger partial charge in [-0.05, 0) is 17.0 Å². The molecule has 68 valence electrons. The quantitative estimate of drug-likeness (QED) is 0.596. The van der Waals surface area contributed by atoms with Crippen LogP contribution in [0.5, 0.6) is 0 Å². The molecule has 0 N–H and O–H groups in total. The Kier molecular flexibility index (Phi) is 2.58. The fourth-order valence-electron chi connectivity index (χ4n) is 0.937. The van der Waals surface area contributed by atoms with Gasteiger partial charge in [0.2, 0.25) is 0 Å². The van der Waals surface area contributed by atoms with E-state index in [2.05, 4.69) is 25.8 Å². The van der Waals surface area contributed by atoms with E-state index in [4.69, 9.17) is 16.9 Å². The number of aromatic nitrogens is 1. The molecule has 0 bridgehead atoms. The van der Waals surface area contributed by atoms with E-state index in [1.54, 1.807) is 12.3 Å². The Labute approximate surface area is 83.2 Å². The maximum atomic E-state index is 8.73. The normalized spacial score (nSPS) is 11.0. The molecule has 13 heavy (non-hydrogen) atoms. The highest BCUT2D eigenvalue weighted by atomic mass is 35.5. The van der Waals surface area contributed by atoms with Crippen molar-refractivity contribution in [2.45, 2.75) is 26.2 Å². The molecule has 2 nitrogen and oxygen atoms in total. The van der Waals surface area contributed by atoms with E-state index in [1.165, 1.54) is 0 Å². The molecule has 1 rings (SSSR count). The van der Waals surface area contributed by atoms with Crippen LogP contribution in [0.1, 0.15) is 31.9 Å². The standard InChI is InChI=1S/C10H11ClN2/c1-10(2,3)8-4-7(5-12)9(11)13-6-8/h4,6H,1-3H3. The highest BCUT2D eigenvalue weighted by Crippen LogP contribution is 2.24. The summed E-state index contributed by atoms with van der Waals surface area (Å²) >= 11 is 5.71. The number of nitrogens with zero attached hydrogens (tertiary/aromatic N) is 2. The molecule has 0 spiro atoms. The fraction of sp³-hybridized carbons (Fsp3) is 0.400. The van der Waals surface area contributed by atoms with Crippen molar-refractivity contribution in [3.63, 3.8) is 0 Å². The first-order valence-electron chi connectivity index (χ1n) is 4.01. The van der Waals surface area contributed by atoms with E-state index in [1.807, 2.05) is 6.07 Å². The number of halogens is 1. The first-order chi connectivity index (χ1) is 5.95. The molecule has 0 aliphatic heterocycles. The second-order valence-electron chi connectivity index (χ2n) is 3.92. The van der Waals surface area contributed by atoms with E-state index in [0.29, 0.717) is 5.56 Å². The maximum absolute atomic E-state index is 8.73. The summed E-state index contributed by atoms with van der Waals surface area (Å²) < 4.78 is 0. The third kappa shape index (κ3) is 2.19. The minimum Gasteiger partial charge on any atom is -0.243 e. The van der Waals surface area contributed by atoms with Gasteiger partial charge in [0, 0.05) is 6.20 Å². The van der Waals surface area contributed by atoms with Crippen LogP contribution >= 0.6 is 11.6 Å². The maximum Gasteiger partial charge on any atom is 0.146 e. The lowest BCUT2D eigenvalue weighted by molar-refractivity contribution is 0.587. The smallest absolute Gasteiger partial charge is 0.146 e. The Balaban J connectivity index is 3.24. The van der Waals surface area contributed by atoms with Gasteiger partial charge in [0.25, 0.3) is 0 Å². The predicted molar refractivity (Wildman–Crippen MR) is 52.7 cm³/mol. The van der Waals surface area contributed by atoms with Gasteiger partial charge in [0.15, 0.2) is 0 Å². The van der Waals surface area contributed by atoms with Crippen molar-refractivity contribution in [2.75, 3.05) is 0 Å². The average Bonchev–Trinajstić information content (AvgIpc) is 2.03. The van der Waals surface area contributed by atoms with Crippen LogP contribution < -0.4 is 0 Å². The van der Waals surface area contributed by atoms with Gasteiger partial charge in [-0.25, -0.2) is 4.98 Å². The zero-order chi connectivity index (χ0) is 10.1. The number of hydrogen-bond donors (Lipinski definition) is 0. The van der Waals surface area contributed by atoms with Crippen molar-refractivity contribution >= 4 is 11.6 Å². The largest absolute Gasteiger partial charge is 0.243 e. The summed E-state index contributed by atoms with van der Waals surface area (Å²) in [6, 6.07) is 3.80. The minimum atomic E-state index is 0.00316. The van der Waals surface area contributed by atoms with Gasteiger partial charge in [0.05, 0.1) is 5.56 Å². The number of rotatable bonds is 0. The highest BCUT2D eigenvalue weighted by Gasteiger charge is 2.15. The van der Waals surface area contributed by atoms with Crippen molar-refractivity contribution in [1.29, 1.82) is 5.26 Å². The van der Waals surface area contributed by atoms with Crippen LogP contribution in [0, 0.1) is 11.3 Å². The summed E-state index contributed by atoms with van der Waals surface area (Å²) in [7, 11) is 0. The summed E-state index contributed by atoms with van der Waals surface area (Å²) in [6.45, 7) is 6.21. The van der Waals surface area contributed by atoms with Gasteiger partial charge >= 0.3 is 0 Å². The monoisotopic (exact) mass is 194 g/mol. The van der Waals surface area contributed by atoms with E-state index < -0.39 is 0 Å². The van der Waals surface area contributed by atoms with Gasteiger partial charge < -0.3 is 0 Å². The van der Waals surface area contributed by atoms with Crippen molar-refractivity contribution in [3.8, 4) is 6.07 Å². The average molecular weight is 195 g/mol. The molecule has 0 unspecified atom stereocenters. The van der Waals surface area contributed by atoms with E-state index in [-0.39, 0.29) is 10.6 Å². The van der Waals surface area contributed by atoms with Crippen LogP contribution in [0.15, 0.2) is 12.3 Å². The molecule has 0 atom stereocenters. The lowest BCUT2D eigenvalue weighted by atomic mass is 9.88. The van der Waals surface area contributed by atoms with Gasteiger partial charge in [-0.2, -0.15) is 5.26 Å². The molecule has 0 fully saturated rings. The Morgan fingerprint density at radius 3 is 2.54 bits per heavy atom. The molecule has 3 heteroatoms. The van der Waals surface area contributed by atoms with Crippen LogP contribution in [0.2, 0.25) is 5.15 Å². The highest BCUT2D eigenvalue weighted by molar-refractivity contribution is 6.30. The Bertz CT molecular complexity index is 358. The zero-order valence-electron chi connectivity index (χ0n) is 7.93. The minimum absolute atomic E-state index is 0.00316. The van der Waals surface area contributed by atoms with Crippen LogP contribution in [-0.4, -0.2) is 4.98 Å². The van der Waals surface area contributed by atoms with Gasteiger partial charge in [-0.15, -0.1) is 0 Å². The topological polar surface area (TPSA) is 36.7 Å². The first kappa shape index (κ1) is 10.0. The Hall–Kier alpha value is -1.07. The van der Waals surface area contributed by atoms with Crippen LogP contribution in [-0.2, 0) is 5.41 Å². The second-order valence-corrected chi connectivity index (χ2v) is 4.28. The SMILES string of the molecule is CC(C)(C)c1cnc(Cl)c(C#N)c1. The van der Waals surface area contributed by atoms with Crippen LogP contribution in [0.3, 0.4) is 0 Å². The third-order valence-corrected chi connectivity index (χ3v) is 2.13. The van der Waals surface area contributed by atoms with Crippen LogP contribution in [0.4, 0.5) is 0 Å². The molecular formula is C10H11ClN2. The molecule has 0 saturated carbocycles. The molecule has 0 radical (unpaired) electrons. The molecule has 0 aliphatic rings. The molecule has 0 saturated heterocycles. The second kappa shape index (κ2) is 3.35. The molecule has 1 aromatic rings. The van der Waals surface area contributed by atoms with Crippen LogP contribution in [0.25, 0.3) is 0 Å². The summed E-state index contributed by atoms with van der Waals surface area (Å²) in [6.07, 6.45) is 1.71.